The van der Waals surface area contributed by atoms with E-state index in [1.807, 2.05) is 0 Å². The Morgan fingerprint density at radius 3 is 2.03 bits per heavy atom. The summed E-state index contributed by atoms with van der Waals surface area (Å²) in [7, 11) is -1.84. The average molecular weight is 496 g/mol. The number of fused-ring (bicyclic) bond motifs is 1. The number of carbonyl (C=O) groups is 2. The van der Waals surface area contributed by atoms with Gasteiger partial charge in [-0.1, -0.05) is 0 Å². The smallest absolute Gasteiger partial charge is 0.338 e. The van der Waals surface area contributed by atoms with Crippen LogP contribution < -0.4 is 9.47 Å². The molecular formula is C25H21NO8S. The number of methoxy groups -OCH3 is 1. The Bertz CT molecular complexity index is 1540. The molecule has 4 rings (SSSR count). The molecule has 180 valence electrons. The van der Waals surface area contributed by atoms with E-state index >= 15 is 0 Å². The Morgan fingerprint density at radius 2 is 1.49 bits per heavy atom. The first-order valence-corrected chi connectivity index (χ1v) is 12.2. The lowest BCUT2D eigenvalue weighted by molar-refractivity contribution is -0.136. The first-order chi connectivity index (χ1) is 16.6. The van der Waals surface area contributed by atoms with Crippen LogP contribution in [0.15, 0.2) is 71.6 Å². The third kappa shape index (κ3) is 4.82. The number of aromatic nitrogens is 1. The number of benzene rings is 3. The fourth-order valence-corrected chi connectivity index (χ4v) is 4.48. The molecule has 10 heteroatoms. The molecule has 1 aromatic heterocycles. The maximum Gasteiger partial charge on any atom is 0.338 e. The molecule has 0 bridgehead atoms. The molecule has 0 saturated carbocycles. The van der Waals surface area contributed by atoms with Gasteiger partial charge in [0.2, 0.25) is 0 Å². The normalized spacial score (nSPS) is 11.4. The molecule has 0 saturated heterocycles. The van der Waals surface area contributed by atoms with Crippen molar-refractivity contribution in [2.24, 2.45) is 0 Å². The minimum Gasteiger partial charge on any atom is -0.497 e. The molecule has 0 aliphatic rings. The van der Waals surface area contributed by atoms with Crippen LogP contribution in [0.5, 0.6) is 17.2 Å². The van der Waals surface area contributed by atoms with Gasteiger partial charge in [0, 0.05) is 23.0 Å². The van der Waals surface area contributed by atoms with Gasteiger partial charge in [0.25, 0.3) is 0 Å². The van der Waals surface area contributed by atoms with Crippen molar-refractivity contribution in [2.45, 2.75) is 11.3 Å². The van der Waals surface area contributed by atoms with E-state index in [1.165, 1.54) is 37.4 Å². The van der Waals surface area contributed by atoms with Crippen LogP contribution in [0.2, 0.25) is 0 Å². The van der Waals surface area contributed by atoms with E-state index in [9.17, 15) is 28.2 Å². The van der Waals surface area contributed by atoms with Crippen LogP contribution in [-0.4, -0.2) is 48.5 Å². The van der Waals surface area contributed by atoms with Gasteiger partial charge in [-0.15, -0.1) is 0 Å². The summed E-state index contributed by atoms with van der Waals surface area (Å²) in [6.45, 7) is 0. The van der Waals surface area contributed by atoms with Crippen LogP contribution in [-0.2, 0) is 21.1 Å². The predicted octanol–water partition coefficient (Wildman–Crippen LogP) is 4.16. The fraction of sp³-hybridized carbons (Fsp3) is 0.120. The van der Waals surface area contributed by atoms with Gasteiger partial charge in [0.05, 0.1) is 29.5 Å². The van der Waals surface area contributed by atoms with Crippen molar-refractivity contribution in [1.29, 1.82) is 0 Å². The van der Waals surface area contributed by atoms with Gasteiger partial charge < -0.3 is 24.3 Å². The summed E-state index contributed by atoms with van der Waals surface area (Å²) in [6.07, 6.45) is 0.595. The molecule has 3 aromatic carbocycles. The number of aromatic carboxylic acids is 1. The summed E-state index contributed by atoms with van der Waals surface area (Å²) >= 11 is 0. The number of hydrogen-bond donors (Lipinski definition) is 2. The molecule has 0 aliphatic heterocycles. The molecule has 0 spiro atoms. The minimum atomic E-state index is -3.36. The highest BCUT2D eigenvalue weighted by Gasteiger charge is 2.25. The quantitative estimate of drug-likeness (QED) is 0.372. The highest BCUT2D eigenvalue weighted by Crippen LogP contribution is 2.35. The van der Waals surface area contributed by atoms with E-state index in [4.69, 9.17) is 9.47 Å². The third-order valence-electron chi connectivity index (χ3n) is 5.39. The summed E-state index contributed by atoms with van der Waals surface area (Å²) in [5, 5.41) is 19.8. The summed E-state index contributed by atoms with van der Waals surface area (Å²) in [5.41, 5.74) is 1.03. The van der Waals surface area contributed by atoms with Gasteiger partial charge in [-0.25, -0.2) is 13.2 Å². The second kappa shape index (κ2) is 9.15. The van der Waals surface area contributed by atoms with Gasteiger partial charge >= 0.3 is 11.9 Å². The zero-order valence-electron chi connectivity index (χ0n) is 18.8. The average Bonchev–Trinajstić information content (AvgIpc) is 3.11. The number of carboxylic acid groups (broad SMARTS) is 2. The number of aliphatic carboxylic acids is 1. The first kappa shape index (κ1) is 23.8. The zero-order chi connectivity index (χ0) is 25.3. The first-order valence-electron chi connectivity index (χ1n) is 10.3. The molecule has 35 heavy (non-hydrogen) atoms. The molecule has 4 aromatic rings. The van der Waals surface area contributed by atoms with E-state index in [0.29, 0.717) is 33.8 Å². The van der Waals surface area contributed by atoms with Crippen molar-refractivity contribution in [3.8, 4) is 22.9 Å². The van der Waals surface area contributed by atoms with E-state index < -0.39 is 28.2 Å². The molecule has 0 radical (unpaired) electrons. The summed E-state index contributed by atoms with van der Waals surface area (Å²) in [5.74, 6) is -1.18. The summed E-state index contributed by atoms with van der Waals surface area (Å²) in [6, 6.07) is 17.4. The van der Waals surface area contributed by atoms with E-state index in [2.05, 4.69) is 0 Å². The SMILES string of the molecule is COc1ccc(-n2c(CC(=O)O)c(C(=O)O)c3cc(Oc4ccc(S(C)(=O)=O)cc4)ccc32)cc1. The number of nitrogens with zero attached hydrogens (tertiary/aromatic N) is 1. The Labute approximate surface area is 200 Å². The van der Waals surface area contributed by atoms with E-state index in [1.54, 1.807) is 41.0 Å². The van der Waals surface area contributed by atoms with E-state index in [0.717, 1.165) is 6.26 Å². The molecule has 9 nitrogen and oxygen atoms in total. The number of ether oxygens (including phenoxy) is 2. The van der Waals surface area contributed by atoms with Crippen molar-refractivity contribution in [3.05, 3.63) is 78.0 Å². The van der Waals surface area contributed by atoms with Crippen molar-refractivity contribution in [3.63, 3.8) is 0 Å². The maximum atomic E-state index is 12.2. The summed E-state index contributed by atoms with van der Waals surface area (Å²) in [4.78, 5) is 24.0. The third-order valence-corrected chi connectivity index (χ3v) is 6.52. The zero-order valence-corrected chi connectivity index (χ0v) is 19.6. The van der Waals surface area contributed by atoms with Crippen molar-refractivity contribution in [2.75, 3.05) is 13.4 Å². The lowest BCUT2D eigenvalue weighted by Crippen LogP contribution is -2.11. The molecular weight excluding hydrogens is 474 g/mol. The maximum absolute atomic E-state index is 12.2. The lowest BCUT2D eigenvalue weighted by Gasteiger charge is -2.11. The van der Waals surface area contributed by atoms with Gasteiger partial charge in [0.1, 0.15) is 17.2 Å². The Hall–Kier alpha value is -4.31. The minimum absolute atomic E-state index is 0.111. The number of hydrogen-bond acceptors (Lipinski definition) is 6. The van der Waals surface area contributed by atoms with Crippen LogP contribution in [0.3, 0.4) is 0 Å². The molecule has 2 N–H and O–H groups in total. The number of carboxylic acids is 2. The van der Waals surface area contributed by atoms with Crippen LogP contribution in [0, 0.1) is 0 Å². The Morgan fingerprint density at radius 1 is 0.886 bits per heavy atom. The molecule has 0 amide bonds. The van der Waals surface area contributed by atoms with Crippen LogP contribution in [0.25, 0.3) is 16.6 Å². The lowest BCUT2D eigenvalue weighted by atomic mass is 10.1. The van der Waals surface area contributed by atoms with Gasteiger partial charge in [-0.2, -0.15) is 0 Å². The number of rotatable bonds is 8. The van der Waals surface area contributed by atoms with Crippen molar-refractivity contribution in [1.82, 2.24) is 4.57 Å². The van der Waals surface area contributed by atoms with Crippen LogP contribution >= 0.6 is 0 Å². The standard InChI is InChI=1S/C25H21NO8S/c1-33-16-5-3-15(4-6-16)26-21-12-9-18(34-17-7-10-19(11-8-17)35(2,31)32)13-20(21)24(25(29)30)22(26)14-23(27)28/h3-13H,14H2,1-2H3,(H,27,28)(H,29,30). The van der Waals surface area contributed by atoms with Crippen LogP contribution in [0.4, 0.5) is 0 Å². The van der Waals surface area contributed by atoms with E-state index in [-0.39, 0.29) is 16.2 Å². The van der Waals surface area contributed by atoms with Crippen LogP contribution in [0.1, 0.15) is 16.1 Å². The second-order valence-corrected chi connectivity index (χ2v) is 9.77. The topological polar surface area (TPSA) is 132 Å². The summed E-state index contributed by atoms with van der Waals surface area (Å²) < 4.78 is 35.9. The monoisotopic (exact) mass is 495 g/mol. The van der Waals surface area contributed by atoms with Gasteiger partial charge in [-0.3, -0.25) is 4.79 Å². The van der Waals surface area contributed by atoms with Gasteiger partial charge in [-0.05, 0) is 66.7 Å². The van der Waals surface area contributed by atoms with Crippen molar-refractivity contribution >= 4 is 32.7 Å². The Balaban J connectivity index is 1.85. The molecule has 1 heterocycles. The highest BCUT2D eigenvalue weighted by molar-refractivity contribution is 7.90. The second-order valence-electron chi connectivity index (χ2n) is 7.76. The fourth-order valence-electron chi connectivity index (χ4n) is 3.85. The molecule has 0 fully saturated rings. The highest BCUT2D eigenvalue weighted by atomic mass is 32.2. The largest absolute Gasteiger partial charge is 0.497 e. The van der Waals surface area contributed by atoms with Crippen molar-refractivity contribution < 1.29 is 37.7 Å². The molecule has 0 unspecified atom stereocenters. The molecule has 0 atom stereocenters. The van der Waals surface area contributed by atoms with Gasteiger partial charge in [0.15, 0.2) is 9.84 Å². The predicted molar refractivity (Wildman–Crippen MR) is 128 cm³/mol. The Kier molecular flexibility index (Phi) is 6.23. The number of sulfone groups is 1. The molecule has 0 aliphatic carbocycles.